The van der Waals surface area contributed by atoms with E-state index in [1.165, 1.54) is 0 Å². The molecular formula is C20H20N4O4. The van der Waals surface area contributed by atoms with Crippen LogP contribution in [0.15, 0.2) is 48.8 Å². The van der Waals surface area contributed by atoms with Gasteiger partial charge in [0.25, 0.3) is 5.91 Å². The summed E-state index contributed by atoms with van der Waals surface area (Å²) in [5.74, 6) is -0.814. The number of nitrogens with zero attached hydrogens (tertiary/aromatic N) is 2. The molecule has 0 bridgehead atoms. The molecule has 3 heterocycles. The molecule has 2 aromatic heterocycles. The highest BCUT2D eigenvalue weighted by molar-refractivity contribution is 6.07. The Morgan fingerprint density at radius 3 is 2.68 bits per heavy atom. The Morgan fingerprint density at radius 2 is 1.89 bits per heavy atom. The van der Waals surface area contributed by atoms with Crippen molar-refractivity contribution < 1.29 is 19.1 Å². The van der Waals surface area contributed by atoms with Gasteiger partial charge in [0.1, 0.15) is 5.69 Å². The van der Waals surface area contributed by atoms with Gasteiger partial charge >= 0.3 is 5.97 Å². The molecule has 0 spiro atoms. The minimum atomic E-state index is -0.589. The third-order valence-corrected chi connectivity index (χ3v) is 4.55. The molecule has 1 amide bonds. The first-order valence-corrected chi connectivity index (χ1v) is 9.03. The maximum Gasteiger partial charge on any atom is 0.357 e. The second-order valence-corrected chi connectivity index (χ2v) is 6.35. The number of fused-ring (bicyclic) bond motifs is 1. The maximum atomic E-state index is 12.7. The van der Waals surface area contributed by atoms with E-state index in [1.54, 1.807) is 29.4 Å². The van der Waals surface area contributed by atoms with Gasteiger partial charge in [0.05, 0.1) is 18.9 Å². The molecule has 0 aliphatic carbocycles. The molecule has 1 fully saturated rings. The fraction of sp³-hybridized carbons (Fsp3) is 0.250. The number of nitrogens with one attached hydrogen (secondary N) is 2. The Morgan fingerprint density at radius 1 is 1.14 bits per heavy atom. The highest BCUT2D eigenvalue weighted by Gasteiger charge is 2.22. The zero-order chi connectivity index (χ0) is 19.3. The van der Waals surface area contributed by atoms with Gasteiger partial charge in [-0.15, -0.1) is 0 Å². The summed E-state index contributed by atoms with van der Waals surface area (Å²) >= 11 is 0. The number of benzene rings is 1. The second kappa shape index (κ2) is 8.10. The van der Waals surface area contributed by atoms with Gasteiger partial charge in [-0.25, -0.2) is 4.79 Å². The molecule has 8 nitrogen and oxygen atoms in total. The Labute approximate surface area is 161 Å². The van der Waals surface area contributed by atoms with Crippen molar-refractivity contribution in [3.8, 4) is 0 Å². The SMILES string of the molecule is O=C(OCC(=O)N1CCOCC1)c1[nH]c2ccccc2c1Nc1ccncc1. The lowest BCUT2D eigenvalue weighted by Gasteiger charge is -2.26. The molecule has 8 heteroatoms. The predicted molar refractivity (Wildman–Crippen MR) is 103 cm³/mol. The zero-order valence-electron chi connectivity index (χ0n) is 15.2. The summed E-state index contributed by atoms with van der Waals surface area (Å²) in [4.78, 5) is 33.7. The average Bonchev–Trinajstić information content (AvgIpc) is 3.12. The molecule has 2 N–H and O–H groups in total. The van der Waals surface area contributed by atoms with Crippen molar-refractivity contribution in [2.24, 2.45) is 0 Å². The monoisotopic (exact) mass is 380 g/mol. The number of carbonyl (C=O) groups excluding carboxylic acids is 2. The van der Waals surface area contributed by atoms with E-state index in [-0.39, 0.29) is 18.2 Å². The second-order valence-electron chi connectivity index (χ2n) is 6.35. The number of hydrogen-bond donors (Lipinski definition) is 2. The fourth-order valence-corrected chi connectivity index (χ4v) is 3.11. The van der Waals surface area contributed by atoms with Gasteiger partial charge in [-0.1, -0.05) is 18.2 Å². The van der Waals surface area contributed by atoms with E-state index in [0.29, 0.717) is 32.0 Å². The predicted octanol–water partition coefficient (Wildman–Crippen LogP) is 2.32. The number of rotatable bonds is 5. The van der Waals surface area contributed by atoms with Crippen LogP contribution in [0.2, 0.25) is 0 Å². The van der Waals surface area contributed by atoms with Crippen molar-refractivity contribution in [2.45, 2.75) is 0 Å². The molecule has 0 atom stereocenters. The van der Waals surface area contributed by atoms with Crippen molar-refractivity contribution >= 4 is 34.2 Å². The average molecular weight is 380 g/mol. The third kappa shape index (κ3) is 3.81. The Balaban J connectivity index is 1.54. The van der Waals surface area contributed by atoms with Crippen LogP contribution in [0.25, 0.3) is 10.9 Å². The molecule has 144 valence electrons. The first-order valence-electron chi connectivity index (χ1n) is 9.03. The van der Waals surface area contributed by atoms with Gasteiger partial charge in [-0.2, -0.15) is 0 Å². The highest BCUT2D eigenvalue weighted by Crippen LogP contribution is 2.30. The number of ether oxygens (including phenoxy) is 2. The van der Waals surface area contributed by atoms with E-state index in [1.807, 2.05) is 24.3 Å². The summed E-state index contributed by atoms with van der Waals surface area (Å²) < 4.78 is 10.5. The molecule has 28 heavy (non-hydrogen) atoms. The molecule has 1 aliphatic heterocycles. The number of pyridine rings is 1. The lowest BCUT2D eigenvalue weighted by molar-refractivity contribution is -0.138. The van der Waals surface area contributed by atoms with Gasteiger partial charge in [-0.3, -0.25) is 9.78 Å². The minimum Gasteiger partial charge on any atom is -0.451 e. The summed E-state index contributed by atoms with van der Waals surface area (Å²) in [5.41, 5.74) is 2.46. The van der Waals surface area contributed by atoms with Crippen LogP contribution in [-0.4, -0.2) is 59.7 Å². The first-order chi connectivity index (χ1) is 13.7. The number of morpholine rings is 1. The van der Waals surface area contributed by atoms with Crippen molar-refractivity contribution in [2.75, 3.05) is 38.2 Å². The van der Waals surface area contributed by atoms with Gasteiger partial charge in [0.15, 0.2) is 6.61 Å². The van der Waals surface area contributed by atoms with Crippen molar-refractivity contribution in [3.63, 3.8) is 0 Å². The van der Waals surface area contributed by atoms with Gasteiger partial charge < -0.3 is 24.7 Å². The molecule has 4 rings (SSSR count). The van der Waals surface area contributed by atoms with Crippen LogP contribution in [0, 0.1) is 0 Å². The molecule has 3 aromatic rings. The van der Waals surface area contributed by atoms with Gasteiger partial charge in [-0.05, 0) is 18.2 Å². The standard InChI is InChI=1S/C20H20N4O4/c25-17(24-9-11-27-12-10-24)13-28-20(26)19-18(22-14-5-7-21-8-6-14)15-3-1-2-4-16(15)23-19/h1-8,23H,9-13H2,(H,21,22). The van der Waals surface area contributed by atoms with Crippen LogP contribution >= 0.6 is 0 Å². The molecule has 1 aromatic carbocycles. The molecule has 1 aliphatic rings. The highest BCUT2D eigenvalue weighted by atomic mass is 16.5. The zero-order valence-corrected chi connectivity index (χ0v) is 15.2. The molecule has 1 saturated heterocycles. The quantitative estimate of drug-likeness (QED) is 0.660. The minimum absolute atomic E-state index is 0.226. The first kappa shape index (κ1) is 18.0. The summed E-state index contributed by atoms with van der Waals surface area (Å²) in [5, 5.41) is 4.10. The Bertz CT molecular complexity index is 980. The lowest BCUT2D eigenvalue weighted by Crippen LogP contribution is -2.42. The maximum absolute atomic E-state index is 12.7. The van der Waals surface area contributed by atoms with Crippen LogP contribution < -0.4 is 5.32 Å². The number of hydrogen-bond acceptors (Lipinski definition) is 6. The normalized spacial score (nSPS) is 14.1. The number of aromatic amines is 1. The number of anilines is 2. The summed E-state index contributed by atoms with van der Waals surface area (Å²) in [6.07, 6.45) is 3.33. The molecule has 0 saturated carbocycles. The molecule has 0 radical (unpaired) electrons. The van der Waals surface area contributed by atoms with Crippen molar-refractivity contribution in [3.05, 3.63) is 54.5 Å². The van der Waals surface area contributed by atoms with Crippen molar-refractivity contribution in [1.29, 1.82) is 0 Å². The number of amides is 1. The number of carbonyl (C=O) groups is 2. The number of aromatic nitrogens is 2. The van der Waals surface area contributed by atoms with Crippen LogP contribution in [-0.2, 0) is 14.3 Å². The number of esters is 1. The van der Waals surface area contributed by atoms with E-state index in [0.717, 1.165) is 16.6 Å². The molecular weight excluding hydrogens is 360 g/mol. The van der Waals surface area contributed by atoms with Crippen LogP contribution in [0.3, 0.4) is 0 Å². The van der Waals surface area contributed by atoms with E-state index in [4.69, 9.17) is 9.47 Å². The summed E-state index contributed by atoms with van der Waals surface area (Å²) in [6.45, 7) is 1.72. The Hall–Kier alpha value is -3.39. The van der Waals surface area contributed by atoms with E-state index >= 15 is 0 Å². The fourth-order valence-electron chi connectivity index (χ4n) is 3.11. The summed E-state index contributed by atoms with van der Waals surface area (Å²) in [6, 6.07) is 11.2. The smallest absolute Gasteiger partial charge is 0.357 e. The van der Waals surface area contributed by atoms with Gasteiger partial charge in [0.2, 0.25) is 0 Å². The topological polar surface area (TPSA) is 96.5 Å². The van der Waals surface area contributed by atoms with Crippen LogP contribution in [0.1, 0.15) is 10.5 Å². The number of para-hydroxylation sites is 1. The van der Waals surface area contributed by atoms with Crippen molar-refractivity contribution in [1.82, 2.24) is 14.9 Å². The van der Waals surface area contributed by atoms with Crippen LogP contribution in [0.5, 0.6) is 0 Å². The summed E-state index contributed by atoms with van der Waals surface area (Å²) in [7, 11) is 0. The largest absolute Gasteiger partial charge is 0.451 e. The van der Waals surface area contributed by atoms with Crippen LogP contribution in [0.4, 0.5) is 11.4 Å². The number of H-pyrrole nitrogens is 1. The van der Waals surface area contributed by atoms with E-state index in [9.17, 15) is 9.59 Å². The molecule has 0 unspecified atom stereocenters. The van der Waals surface area contributed by atoms with E-state index in [2.05, 4.69) is 15.3 Å². The van der Waals surface area contributed by atoms with Gasteiger partial charge in [0, 0.05) is 42.1 Å². The third-order valence-electron chi connectivity index (χ3n) is 4.55. The Kier molecular flexibility index (Phi) is 5.20. The lowest BCUT2D eigenvalue weighted by atomic mass is 10.2. The van der Waals surface area contributed by atoms with E-state index < -0.39 is 5.97 Å².